The van der Waals surface area contributed by atoms with E-state index in [1.165, 1.54) is 7.11 Å². The van der Waals surface area contributed by atoms with Crippen LogP contribution in [-0.2, 0) is 13.7 Å². The Balaban J connectivity index is 2.53. The summed E-state index contributed by atoms with van der Waals surface area (Å²) in [7, 11) is -2.12. The summed E-state index contributed by atoms with van der Waals surface area (Å²) in [5.41, 5.74) is 0.154. The van der Waals surface area contributed by atoms with E-state index < -0.39 is 15.2 Å². The normalized spacial score (nSPS) is 36.8. The van der Waals surface area contributed by atoms with Gasteiger partial charge in [-0.2, -0.15) is 0 Å². The minimum Gasteiger partial charge on any atom is -0.323 e. The van der Waals surface area contributed by atoms with Gasteiger partial charge in [-0.05, 0) is 24.1 Å². The average molecular weight is 209 g/mol. The van der Waals surface area contributed by atoms with Crippen LogP contribution in [0.5, 0.6) is 0 Å². The zero-order chi connectivity index (χ0) is 9.19. The molecule has 3 unspecified atom stereocenters. The Morgan fingerprint density at radius 2 is 2.33 bits per heavy atom. The van der Waals surface area contributed by atoms with Crippen LogP contribution in [-0.4, -0.2) is 31.8 Å². The topological polar surface area (TPSA) is 43.4 Å². The SMILES string of the molecule is CO[P+](=O)CC1CCCP1(C)=O. The molecule has 70 valence electrons. The van der Waals surface area contributed by atoms with Crippen LogP contribution in [0.2, 0.25) is 0 Å². The Bertz CT molecular complexity index is 227. The highest BCUT2D eigenvalue weighted by Gasteiger charge is 2.39. The van der Waals surface area contributed by atoms with Crippen molar-refractivity contribution < 1.29 is 13.7 Å². The van der Waals surface area contributed by atoms with Crippen LogP contribution in [0.15, 0.2) is 0 Å². The summed E-state index contributed by atoms with van der Waals surface area (Å²) in [6, 6.07) is 0. The largest absolute Gasteiger partial charge is 0.508 e. The van der Waals surface area contributed by atoms with E-state index in [0.29, 0.717) is 6.16 Å². The Morgan fingerprint density at radius 3 is 2.75 bits per heavy atom. The van der Waals surface area contributed by atoms with Gasteiger partial charge in [0.05, 0.1) is 19.9 Å². The minimum absolute atomic E-state index is 0.154. The zero-order valence-corrected chi connectivity index (χ0v) is 9.31. The first-order valence-corrected chi connectivity index (χ1v) is 7.88. The molecule has 1 rings (SSSR count). The summed E-state index contributed by atoms with van der Waals surface area (Å²) in [6.45, 7) is 1.82. The second kappa shape index (κ2) is 4.00. The maximum atomic E-state index is 11.8. The van der Waals surface area contributed by atoms with E-state index in [0.717, 1.165) is 19.0 Å². The van der Waals surface area contributed by atoms with Gasteiger partial charge in [0.1, 0.15) is 0 Å². The summed E-state index contributed by atoms with van der Waals surface area (Å²) in [5, 5.41) is 0. The molecule has 0 bridgehead atoms. The lowest BCUT2D eigenvalue weighted by Gasteiger charge is -2.09. The Labute approximate surface area is 74.1 Å². The third kappa shape index (κ3) is 2.39. The van der Waals surface area contributed by atoms with Crippen molar-refractivity contribution >= 4 is 15.2 Å². The Morgan fingerprint density at radius 1 is 1.67 bits per heavy atom. The van der Waals surface area contributed by atoms with E-state index in [-0.39, 0.29) is 5.66 Å². The van der Waals surface area contributed by atoms with Crippen LogP contribution in [0.25, 0.3) is 0 Å². The highest BCUT2D eigenvalue weighted by atomic mass is 31.2. The summed E-state index contributed by atoms with van der Waals surface area (Å²) < 4.78 is 27.6. The van der Waals surface area contributed by atoms with Gasteiger partial charge in [-0.25, -0.2) is 0 Å². The zero-order valence-electron chi connectivity index (χ0n) is 7.52. The van der Waals surface area contributed by atoms with E-state index in [2.05, 4.69) is 0 Å². The van der Waals surface area contributed by atoms with Gasteiger partial charge < -0.3 is 4.57 Å². The fraction of sp³-hybridized carbons (Fsp3) is 1.00. The third-order valence-electron chi connectivity index (χ3n) is 2.48. The van der Waals surface area contributed by atoms with Crippen molar-refractivity contribution in [1.29, 1.82) is 0 Å². The van der Waals surface area contributed by atoms with Crippen LogP contribution < -0.4 is 0 Å². The number of hydrogen-bond acceptors (Lipinski definition) is 3. The smallest absolute Gasteiger partial charge is 0.323 e. The van der Waals surface area contributed by atoms with Crippen molar-refractivity contribution in [3.8, 4) is 0 Å². The molecule has 3 nitrogen and oxygen atoms in total. The summed E-state index contributed by atoms with van der Waals surface area (Å²) in [4.78, 5) is 0. The van der Waals surface area contributed by atoms with E-state index in [4.69, 9.17) is 4.52 Å². The average Bonchev–Trinajstić information content (AvgIpc) is 2.31. The van der Waals surface area contributed by atoms with Gasteiger partial charge >= 0.3 is 8.03 Å². The molecular formula is C7H15O3P2+. The lowest BCUT2D eigenvalue weighted by atomic mass is 10.3. The number of hydrogen-bond donors (Lipinski definition) is 0. The Hall–Kier alpha value is 0.290. The fourth-order valence-corrected chi connectivity index (χ4v) is 5.97. The molecule has 12 heavy (non-hydrogen) atoms. The molecule has 0 aromatic rings. The molecule has 1 aliphatic heterocycles. The maximum absolute atomic E-state index is 11.8. The van der Waals surface area contributed by atoms with Crippen LogP contribution >= 0.6 is 15.2 Å². The predicted octanol–water partition coefficient (Wildman–Crippen LogP) is 2.53. The van der Waals surface area contributed by atoms with Crippen LogP contribution in [0.4, 0.5) is 0 Å². The summed E-state index contributed by atoms with van der Waals surface area (Å²) in [5.74, 6) is 0. The van der Waals surface area contributed by atoms with Crippen molar-refractivity contribution in [2.24, 2.45) is 0 Å². The van der Waals surface area contributed by atoms with Crippen molar-refractivity contribution in [1.82, 2.24) is 0 Å². The van der Waals surface area contributed by atoms with Gasteiger partial charge in [0.2, 0.25) is 0 Å². The summed E-state index contributed by atoms with van der Waals surface area (Å²) >= 11 is 0. The molecule has 5 heteroatoms. The van der Waals surface area contributed by atoms with Crippen LogP contribution in [0.3, 0.4) is 0 Å². The molecule has 0 aromatic carbocycles. The molecule has 1 fully saturated rings. The van der Waals surface area contributed by atoms with Gasteiger partial charge in [-0.3, -0.25) is 0 Å². The second-order valence-electron chi connectivity index (χ2n) is 3.39. The second-order valence-corrected chi connectivity index (χ2v) is 8.31. The third-order valence-corrected chi connectivity index (χ3v) is 7.10. The van der Waals surface area contributed by atoms with Gasteiger partial charge in [0, 0.05) is 6.16 Å². The molecule has 1 aliphatic rings. The van der Waals surface area contributed by atoms with Gasteiger partial charge in [0.15, 0.2) is 6.16 Å². The molecule has 0 saturated carbocycles. The standard InChI is InChI=1S/C7H15O3P2/c1-10-11(8)6-7-4-3-5-12(7,2)9/h7H,3-6H2,1-2H3/q+1. The number of rotatable bonds is 3. The van der Waals surface area contributed by atoms with Crippen molar-refractivity contribution in [2.45, 2.75) is 18.5 Å². The maximum Gasteiger partial charge on any atom is 0.508 e. The lowest BCUT2D eigenvalue weighted by Crippen LogP contribution is -2.05. The van der Waals surface area contributed by atoms with Crippen LogP contribution in [0.1, 0.15) is 12.8 Å². The minimum atomic E-state index is -1.98. The van der Waals surface area contributed by atoms with E-state index in [1.807, 2.05) is 6.66 Å². The van der Waals surface area contributed by atoms with Gasteiger partial charge in [-0.1, -0.05) is 0 Å². The van der Waals surface area contributed by atoms with Crippen molar-refractivity contribution in [3.63, 3.8) is 0 Å². The molecule has 0 N–H and O–H groups in total. The first-order chi connectivity index (χ1) is 5.56. The molecule has 0 radical (unpaired) electrons. The van der Waals surface area contributed by atoms with Gasteiger partial charge in [0.25, 0.3) is 0 Å². The Kier molecular flexibility index (Phi) is 3.46. The van der Waals surface area contributed by atoms with E-state index in [1.54, 1.807) is 0 Å². The molecule has 0 spiro atoms. The highest BCUT2D eigenvalue weighted by Crippen LogP contribution is 2.56. The molecule has 0 aromatic heterocycles. The quantitative estimate of drug-likeness (QED) is 0.671. The molecule has 0 aliphatic carbocycles. The monoisotopic (exact) mass is 209 g/mol. The van der Waals surface area contributed by atoms with Crippen LogP contribution in [0, 0.1) is 0 Å². The van der Waals surface area contributed by atoms with Gasteiger partial charge in [-0.15, -0.1) is 4.52 Å². The first-order valence-electron chi connectivity index (χ1n) is 4.11. The van der Waals surface area contributed by atoms with E-state index >= 15 is 0 Å². The van der Waals surface area contributed by atoms with Crippen molar-refractivity contribution in [3.05, 3.63) is 0 Å². The molecule has 3 atom stereocenters. The molecule has 1 heterocycles. The fourth-order valence-electron chi connectivity index (χ4n) is 1.61. The lowest BCUT2D eigenvalue weighted by molar-refractivity contribution is 0.413. The predicted molar refractivity (Wildman–Crippen MR) is 50.9 cm³/mol. The summed E-state index contributed by atoms with van der Waals surface area (Å²) in [6.07, 6.45) is 3.29. The molecular weight excluding hydrogens is 194 g/mol. The first kappa shape index (κ1) is 10.4. The van der Waals surface area contributed by atoms with E-state index in [9.17, 15) is 9.13 Å². The molecule has 1 saturated heterocycles. The highest BCUT2D eigenvalue weighted by molar-refractivity contribution is 7.64. The van der Waals surface area contributed by atoms with Crippen molar-refractivity contribution in [2.75, 3.05) is 26.1 Å². The molecule has 0 amide bonds.